The summed E-state index contributed by atoms with van der Waals surface area (Å²) < 4.78 is 27.5. The fourth-order valence-electron chi connectivity index (χ4n) is 2.25. The maximum absolute atomic E-state index is 13.0. The number of halogens is 2. The molecule has 0 bridgehead atoms. The van der Waals surface area contributed by atoms with E-state index in [0.29, 0.717) is 17.6 Å². The Morgan fingerprint density at radius 3 is 2.26 bits per heavy atom. The van der Waals surface area contributed by atoms with Crippen LogP contribution in [0, 0.1) is 6.92 Å². The number of alkyl halides is 2. The van der Waals surface area contributed by atoms with Gasteiger partial charge in [0, 0.05) is 16.7 Å². The summed E-state index contributed by atoms with van der Waals surface area (Å²) in [5.74, 6) is -0.00340. The van der Waals surface area contributed by atoms with Gasteiger partial charge in [-0.15, -0.1) is 0 Å². The Morgan fingerprint density at radius 1 is 1.04 bits per heavy atom. The number of benzene rings is 2. The van der Waals surface area contributed by atoms with Crippen LogP contribution in [0.5, 0.6) is 0 Å². The summed E-state index contributed by atoms with van der Waals surface area (Å²) in [6, 6.07) is 16.8. The summed E-state index contributed by atoms with van der Waals surface area (Å²) in [6.07, 6.45) is 0. The Morgan fingerprint density at radius 2 is 1.65 bits per heavy atom. The molecule has 124 valence electrons. The number of rotatable bonds is 7. The van der Waals surface area contributed by atoms with E-state index in [1.54, 1.807) is 0 Å². The van der Waals surface area contributed by atoms with Gasteiger partial charge >= 0.3 is 0 Å². The molecule has 6 heteroatoms. The minimum atomic E-state index is -3.47. The smallest absolute Gasteiger partial charge is 0.239 e. The van der Waals surface area contributed by atoms with Crippen LogP contribution < -0.4 is 4.31 Å². The molecule has 0 aliphatic heterocycles. The van der Waals surface area contributed by atoms with E-state index in [1.165, 1.54) is 4.31 Å². The monoisotopic (exact) mass is 459 g/mol. The fourth-order valence-corrected chi connectivity index (χ4v) is 4.66. The third-order valence-corrected chi connectivity index (χ3v) is 7.48. The second-order valence-corrected chi connectivity index (χ2v) is 9.14. The van der Waals surface area contributed by atoms with Crippen molar-refractivity contribution in [3.05, 3.63) is 65.7 Å². The predicted molar refractivity (Wildman–Crippen MR) is 104 cm³/mol. The molecule has 0 heterocycles. The zero-order valence-corrected chi connectivity index (χ0v) is 16.8. The van der Waals surface area contributed by atoms with Crippen LogP contribution >= 0.6 is 31.9 Å². The lowest BCUT2D eigenvalue weighted by atomic mass is 10.1. The van der Waals surface area contributed by atoms with Crippen molar-refractivity contribution in [2.45, 2.75) is 17.5 Å². The van der Waals surface area contributed by atoms with Gasteiger partial charge in [-0.2, -0.15) is 0 Å². The Hall–Kier alpha value is -0.850. The first-order valence-electron chi connectivity index (χ1n) is 7.24. The molecule has 2 aromatic carbocycles. The minimum absolute atomic E-state index is 0.00340. The summed E-state index contributed by atoms with van der Waals surface area (Å²) in [7, 11) is -3.47. The first-order chi connectivity index (χ1) is 10.9. The van der Waals surface area contributed by atoms with Gasteiger partial charge in [-0.05, 0) is 30.2 Å². The van der Waals surface area contributed by atoms with Crippen molar-refractivity contribution in [1.82, 2.24) is 0 Å². The van der Waals surface area contributed by atoms with Crippen LogP contribution in [0.1, 0.15) is 11.1 Å². The van der Waals surface area contributed by atoms with Crippen molar-refractivity contribution < 1.29 is 8.42 Å². The maximum atomic E-state index is 13.0. The van der Waals surface area contributed by atoms with Gasteiger partial charge in [0.1, 0.15) is 0 Å². The van der Waals surface area contributed by atoms with Gasteiger partial charge in [-0.1, -0.05) is 74.3 Å². The third kappa shape index (κ3) is 5.06. The highest BCUT2D eigenvalue weighted by molar-refractivity contribution is 9.12. The Labute approximate surface area is 155 Å². The van der Waals surface area contributed by atoms with E-state index in [2.05, 4.69) is 31.9 Å². The van der Waals surface area contributed by atoms with Crippen LogP contribution in [0.3, 0.4) is 0 Å². The number of hydrogen-bond donors (Lipinski definition) is 0. The summed E-state index contributed by atoms with van der Waals surface area (Å²) in [5.41, 5.74) is 2.50. The molecule has 0 saturated carbocycles. The minimum Gasteiger partial charge on any atom is -0.269 e. The molecule has 0 aromatic heterocycles. The van der Waals surface area contributed by atoms with Crippen LogP contribution in [0.15, 0.2) is 54.6 Å². The maximum Gasteiger partial charge on any atom is 0.239 e. The molecule has 0 fully saturated rings. The average molecular weight is 461 g/mol. The molecule has 0 aliphatic carbocycles. The first-order valence-corrected chi connectivity index (χ1v) is 10.9. The largest absolute Gasteiger partial charge is 0.269 e. The average Bonchev–Trinajstić information content (AvgIpc) is 2.55. The lowest BCUT2D eigenvalue weighted by molar-refractivity contribution is 0.590. The number of para-hydroxylation sites is 1. The van der Waals surface area contributed by atoms with Gasteiger partial charge in [-0.3, -0.25) is 4.31 Å². The molecule has 0 spiro atoms. The standard InChI is InChI=1S/C17H19Br2NO2S/c1-14-7-5-6-8-15(14)13-23(21,22)20(12-16(19)11-18)17-9-3-2-4-10-17/h2-10,16H,11-13H2,1H3. The number of nitrogens with zero attached hydrogens (tertiary/aromatic N) is 1. The van der Waals surface area contributed by atoms with E-state index < -0.39 is 10.0 Å². The number of anilines is 1. The highest BCUT2D eigenvalue weighted by Gasteiger charge is 2.25. The van der Waals surface area contributed by atoms with E-state index in [9.17, 15) is 8.42 Å². The molecule has 0 aliphatic rings. The topological polar surface area (TPSA) is 37.4 Å². The number of sulfonamides is 1. The molecule has 3 nitrogen and oxygen atoms in total. The second-order valence-electron chi connectivity index (χ2n) is 5.30. The summed E-state index contributed by atoms with van der Waals surface area (Å²) in [6.45, 7) is 2.31. The number of aryl methyl sites for hydroxylation is 1. The molecule has 1 atom stereocenters. The van der Waals surface area contributed by atoms with E-state index in [1.807, 2.05) is 61.5 Å². The van der Waals surface area contributed by atoms with Gasteiger partial charge in [0.05, 0.1) is 11.4 Å². The molecule has 2 aromatic rings. The Balaban J connectivity index is 2.35. The summed E-state index contributed by atoms with van der Waals surface area (Å²) in [4.78, 5) is 0.0364. The molecule has 0 amide bonds. The van der Waals surface area contributed by atoms with Gasteiger partial charge in [0.25, 0.3) is 0 Å². The molecule has 1 unspecified atom stereocenters. The Bertz CT molecular complexity index is 735. The van der Waals surface area contributed by atoms with Crippen molar-refractivity contribution in [2.24, 2.45) is 0 Å². The van der Waals surface area contributed by atoms with Crippen LogP contribution in [0.2, 0.25) is 0 Å². The van der Waals surface area contributed by atoms with Gasteiger partial charge in [0.15, 0.2) is 0 Å². The van der Waals surface area contributed by atoms with E-state index in [-0.39, 0.29) is 10.6 Å². The number of hydrogen-bond acceptors (Lipinski definition) is 2. The van der Waals surface area contributed by atoms with Crippen molar-refractivity contribution in [3.63, 3.8) is 0 Å². The first kappa shape index (κ1) is 18.5. The van der Waals surface area contributed by atoms with Crippen molar-refractivity contribution in [1.29, 1.82) is 0 Å². The zero-order chi connectivity index (χ0) is 16.9. The third-order valence-electron chi connectivity index (χ3n) is 3.51. The van der Waals surface area contributed by atoms with Crippen LogP contribution in [-0.2, 0) is 15.8 Å². The molecule has 23 heavy (non-hydrogen) atoms. The van der Waals surface area contributed by atoms with Crippen molar-refractivity contribution in [3.8, 4) is 0 Å². The molecule has 0 N–H and O–H groups in total. The van der Waals surface area contributed by atoms with E-state index >= 15 is 0 Å². The molecular weight excluding hydrogens is 442 g/mol. The molecule has 0 saturated heterocycles. The van der Waals surface area contributed by atoms with Crippen LogP contribution in [-0.4, -0.2) is 25.1 Å². The lowest BCUT2D eigenvalue weighted by Crippen LogP contribution is -2.37. The molecule has 0 radical (unpaired) electrons. The normalized spacial score (nSPS) is 12.8. The quantitative estimate of drug-likeness (QED) is 0.570. The highest BCUT2D eigenvalue weighted by atomic mass is 79.9. The van der Waals surface area contributed by atoms with Crippen molar-refractivity contribution in [2.75, 3.05) is 16.2 Å². The van der Waals surface area contributed by atoms with Gasteiger partial charge in [-0.25, -0.2) is 8.42 Å². The highest BCUT2D eigenvalue weighted by Crippen LogP contribution is 2.23. The van der Waals surface area contributed by atoms with Crippen molar-refractivity contribution >= 4 is 47.6 Å². The fraction of sp³-hybridized carbons (Fsp3) is 0.294. The summed E-state index contributed by atoms with van der Waals surface area (Å²) >= 11 is 6.91. The lowest BCUT2D eigenvalue weighted by Gasteiger charge is -2.26. The van der Waals surface area contributed by atoms with Gasteiger partial charge < -0.3 is 0 Å². The molecular formula is C17H19Br2NO2S. The second kappa shape index (κ2) is 8.31. The van der Waals surface area contributed by atoms with Gasteiger partial charge in [0.2, 0.25) is 10.0 Å². The Kier molecular flexibility index (Phi) is 6.68. The van der Waals surface area contributed by atoms with Crippen LogP contribution in [0.25, 0.3) is 0 Å². The zero-order valence-electron chi connectivity index (χ0n) is 12.8. The van der Waals surface area contributed by atoms with E-state index in [0.717, 1.165) is 11.1 Å². The molecule has 2 rings (SSSR count). The predicted octanol–water partition coefficient (Wildman–Crippen LogP) is 4.49. The summed E-state index contributed by atoms with van der Waals surface area (Å²) in [5, 5.41) is 0.677. The SMILES string of the molecule is Cc1ccccc1CS(=O)(=O)N(CC(Br)CBr)c1ccccc1. The van der Waals surface area contributed by atoms with Crippen LogP contribution in [0.4, 0.5) is 5.69 Å². The van der Waals surface area contributed by atoms with E-state index in [4.69, 9.17) is 0 Å².